The van der Waals surface area contributed by atoms with Crippen LogP contribution in [0, 0.1) is 0 Å². The highest BCUT2D eigenvalue weighted by atomic mass is 16.5. The van der Waals surface area contributed by atoms with Crippen molar-refractivity contribution in [3.8, 4) is 11.5 Å². The molecule has 0 saturated carbocycles. The summed E-state index contributed by atoms with van der Waals surface area (Å²) < 4.78 is 15.0. The van der Waals surface area contributed by atoms with Crippen LogP contribution >= 0.6 is 0 Å². The second kappa shape index (κ2) is 8.54. The minimum absolute atomic E-state index is 0.299. The third-order valence-electron chi connectivity index (χ3n) is 3.37. The molecule has 2 rings (SSSR count). The lowest BCUT2D eigenvalue weighted by Gasteiger charge is -2.06. The molecule has 1 N–H and O–H groups in total. The van der Waals surface area contributed by atoms with Gasteiger partial charge in [0.1, 0.15) is 11.5 Å². The first kappa shape index (κ1) is 18.1. The minimum Gasteiger partial charge on any atom is -0.497 e. The van der Waals surface area contributed by atoms with Crippen molar-refractivity contribution in [1.82, 2.24) is 0 Å². The monoisotopic (exact) mass is 341 g/mol. The van der Waals surface area contributed by atoms with Crippen molar-refractivity contribution in [2.24, 2.45) is 0 Å². The van der Waals surface area contributed by atoms with Gasteiger partial charge >= 0.3 is 5.97 Å². The molecule has 0 heterocycles. The fraction of sp³-hybridized carbons (Fsp3) is 0.158. The molecule has 2 aromatic rings. The summed E-state index contributed by atoms with van der Waals surface area (Å²) in [5.41, 5.74) is 1.76. The zero-order valence-corrected chi connectivity index (χ0v) is 14.2. The van der Waals surface area contributed by atoms with E-state index in [-0.39, 0.29) is 5.91 Å². The van der Waals surface area contributed by atoms with Crippen LogP contribution in [0.3, 0.4) is 0 Å². The molecule has 0 atom stereocenters. The second-order valence-corrected chi connectivity index (χ2v) is 5.04. The van der Waals surface area contributed by atoms with Crippen LogP contribution in [0.25, 0.3) is 6.08 Å². The summed E-state index contributed by atoms with van der Waals surface area (Å²) in [6.07, 6.45) is 3.06. The van der Waals surface area contributed by atoms with Crippen LogP contribution < -0.4 is 14.8 Å². The van der Waals surface area contributed by atoms with E-state index in [0.29, 0.717) is 22.7 Å². The molecule has 0 aliphatic rings. The predicted octanol–water partition coefficient (Wildman–Crippen LogP) is 3.14. The summed E-state index contributed by atoms with van der Waals surface area (Å²) in [7, 11) is 4.44. The number of rotatable bonds is 6. The number of esters is 1. The Morgan fingerprint density at radius 1 is 0.920 bits per heavy atom. The van der Waals surface area contributed by atoms with Crippen molar-refractivity contribution >= 4 is 23.6 Å². The summed E-state index contributed by atoms with van der Waals surface area (Å²) in [6.45, 7) is 0. The van der Waals surface area contributed by atoms with E-state index in [1.54, 1.807) is 62.8 Å². The van der Waals surface area contributed by atoms with Gasteiger partial charge < -0.3 is 19.5 Å². The Morgan fingerprint density at radius 2 is 1.52 bits per heavy atom. The summed E-state index contributed by atoms with van der Waals surface area (Å²) in [6, 6.07) is 11.8. The Hall–Kier alpha value is -3.28. The number of carbonyl (C=O) groups is 2. The van der Waals surface area contributed by atoms with E-state index < -0.39 is 5.97 Å². The molecule has 1 amide bonds. The van der Waals surface area contributed by atoms with E-state index in [9.17, 15) is 9.59 Å². The molecule has 0 aliphatic carbocycles. The van der Waals surface area contributed by atoms with Gasteiger partial charge in [0.25, 0.3) is 0 Å². The topological polar surface area (TPSA) is 73.9 Å². The molecule has 0 spiro atoms. The Balaban J connectivity index is 2.04. The zero-order valence-electron chi connectivity index (χ0n) is 14.2. The normalized spacial score (nSPS) is 10.4. The average Bonchev–Trinajstić information content (AvgIpc) is 2.66. The molecule has 130 valence electrons. The van der Waals surface area contributed by atoms with Gasteiger partial charge in [-0.25, -0.2) is 4.79 Å². The summed E-state index contributed by atoms with van der Waals surface area (Å²) >= 11 is 0. The molecule has 2 aromatic carbocycles. The summed E-state index contributed by atoms with van der Waals surface area (Å²) in [5, 5.41) is 2.71. The fourth-order valence-corrected chi connectivity index (χ4v) is 2.09. The molecule has 0 aliphatic heterocycles. The number of carbonyl (C=O) groups excluding carboxylic acids is 2. The van der Waals surface area contributed by atoms with Gasteiger partial charge in [-0.3, -0.25) is 4.79 Å². The molecule has 6 nitrogen and oxygen atoms in total. The van der Waals surface area contributed by atoms with Crippen molar-refractivity contribution in [3.05, 3.63) is 59.7 Å². The number of benzene rings is 2. The maximum Gasteiger partial charge on any atom is 0.337 e. The van der Waals surface area contributed by atoms with E-state index in [4.69, 9.17) is 9.47 Å². The van der Waals surface area contributed by atoms with Gasteiger partial charge in [0.15, 0.2) is 0 Å². The lowest BCUT2D eigenvalue weighted by atomic mass is 10.2. The highest BCUT2D eigenvalue weighted by Crippen LogP contribution is 2.23. The number of ether oxygens (including phenoxy) is 3. The van der Waals surface area contributed by atoms with Crippen molar-refractivity contribution in [1.29, 1.82) is 0 Å². The molecule has 6 heteroatoms. The van der Waals surface area contributed by atoms with Gasteiger partial charge in [-0.1, -0.05) is 0 Å². The van der Waals surface area contributed by atoms with Crippen molar-refractivity contribution < 1.29 is 23.8 Å². The highest BCUT2D eigenvalue weighted by Gasteiger charge is 2.05. The third-order valence-corrected chi connectivity index (χ3v) is 3.37. The fourth-order valence-electron chi connectivity index (χ4n) is 2.09. The zero-order chi connectivity index (χ0) is 18.2. The molecule has 0 bridgehead atoms. The largest absolute Gasteiger partial charge is 0.497 e. The summed E-state index contributed by atoms with van der Waals surface area (Å²) in [4.78, 5) is 23.4. The molecule has 0 unspecified atom stereocenters. The summed E-state index contributed by atoms with van der Waals surface area (Å²) in [5.74, 6) is 0.549. The van der Waals surface area contributed by atoms with Crippen LogP contribution in [0.5, 0.6) is 11.5 Å². The first-order valence-electron chi connectivity index (χ1n) is 7.46. The van der Waals surface area contributed by atoms with Gasteiger partial charge in [-0.05, 0) is 48.0 Å². The number of hydrogen-bond donors (Lipinski definition) is 1. The molecule has 0 fully saturated rings. The van der Waals surface area contributed by atoms with Gasteiger partial charge in [-0.2, -0.15) is 0 Å². The SMILES string of the molecule is COC(=O)c1ccc(NC(=O)/C=C/c2cc(OC)cc(OC)c2)cc1. The maximum absolute atomic E-state index is 12.0. The lowest BCUT2D eigenvalue weighted by Crippen LogP contribution is -2.08. The van der Waals surface area contributed by atoms with Crippen LogP contribution in [0.4, 0.5) is 5.69 Å². The van der Waals surface area contributed by atoms with Crippen LogP contribution in [-0.2, 0) is 9.53 Å². The van der Waals surface area contributed by atoms with Crippen LogP contribution in [0.2, 0.25) is 0 Å². The van der Waals surface area contributed by atoms with E-state index in [1.165, 1.54) is 13.2 Å². The Bertz CT molecular complexity index is 759. The number of nitrogens with one attached hydrogen (secondary N) is 1. The molecular weight excluding hydrogens is 322 g/mol. The first-order valence-corrected chi connectivity index (χ1v) is 7.46. The standard InChI is InChI=1S/C19H19NO5/c1-23-16-10-13(11-17(12-16)24-2)4-9-18(21)20-15-7-5-14(6-8-15)19(22)25-3/h4-12H,1-3H3,(H,20,21)/b9-4+. The van der Waals surface area contributed by atoms with Crippen LogP contribution in [0.15, 0.2) is 48.5 Å². The number of anilines is 1. The third kappa shape index (κ3) is 5.10. The number of amides is 1. The Morgan fingerprint density at radius 3 is 2.04 bits per heavy atom. The van der Waals surface area contributed by atoms with Crippen molar-refractivity contribution in [2.75, 3.05) is 26.6 Å². The molecule has 0 aromatic heterocycles. The second-order valence-electron chi connectivity index (χ2n) is 5.04. The quantitative estimate of drug-likeness (QED) is 0.645. The first-order chi connectivity index (χ1) is 12.0. The smallest absolute Gasteiger partial charge is 0.337 e. The number of hydrogen-bond acceptors (Lipinski definition) is 5. The van der Waals surface area contributed by atoms with E-state index >= 15 is 0 Å². The lowest BCUT2D eigenvalue weighted by molar-refractivity contribution is -0.111. The van der Waals surface area contributed by atoms with E-state index in [0.717, 1.165) is 5.56 Å². The average molecular weight is 341 g/mol. The van der Waals surface area contributed by atoms with Gasteiger partial charge in [0.2, 0.25) is 5.91 Å². The van der Waals surface area contributed by atoms with Gasteiger partial charge in [0.05, 0.1) is 26.9 Å². The van der Waals surface area contributed by atoms with Gasteiger partial charge in [-0.15, -0.1) is 0 Å². The molecular formula is C19H19NO5. The van der Waals surface area contributed by atoms with Crippen LogP contribution in [0.1, 0.15) is 15.9 Å². The Labute approximate surface area is 146 Å². The number of methoxy groups -OCH3 is 3. The van der Waals surface area contributed by atoms with Crippen molar-refractivity contribution in [3.63, 3.8) is 0 Å². The van der Waals surface area contributed by atoms with Crippen molar-refractivity contribution in [2.45, 2.75) is 0 Å². The van der Waals surface area contributed by atoms with E-state index in [1.807, 2.05) is 0 Å². The van der Waals surface area contributed by atoms with E-state index in [2.05, 4.69) is 10.1 Å². The highest BCUT2D eigenvalue weighted by molar-refractivity contribution is 6.02. The Kier molecular flexibility index (Phi) is 6.17. The molecule has 0 radical (unpaired) electrons. The molecule has 0 saturated heterocycles. The van der Waals surface area contributed by atoms with Crippen LogP contribution in [-0.4, -0.2) is 33.2 Å². The predicted molar refractivity (Wildman–Crippen MR) is 95.0 cm³/mol. The molecule has 25 heavy (non-hydrogen) atoms. The minimum atomic E-state index is -0.426. The maximum atomic E-state index is 12.0. The van der Waals surface area contributed by atoms with Gasteiger partial charge in [0, 0.05) is 17.8 Å².